The largest absolute Gasteiger partial charge is 0.481 e. The minimum absolute atomic E-state index is 0.149. The highest BCUT2D eigenvalue weighted by Crippen LogP contribution is 2.18. The zero-order valence-electron chi connectivity index (χ0n) is 10.0. The zero-order valence-corrected chi connectivity index (χ0v) is 10.0. The number of hydrogen-bond donors (Lipinski definition) is 2. The van der Waals surface area contributed by atoms with Crippen LogP contribution in [0.4, 0.5) is 4.79 Å². The lowest BCUT2D eigenvalue weighted by Gasteiger charge is -2.26. The van der Waals surface area contributed by atoms with Crippen molar-refractivity contribution in [1.29, 1.82) is 0 Å². The summed E-state index contributed by atoms with van der Waals surface area (Å²) < 4.78 is 9.91. The van der Waals surface area contributed by atoms with Crippen LogP contribution in [0.3, 0.4) is 0 Å². The number of nitrogens with one attached hydrogen (secondary N) is 1. The van der Waals surface area contributed by atoms with Crippen molar-refractivity contribution in [3.8, 4) is 0 Å². The van der Waals surface area contributed by atoms with Gasteiger partial charge in [-0.05, 0) is 0 Å². The molecule has 17 heavy (non-hydrogen) atoms. The van der Waals surface area contributed by atoms with Crippen LogP contribution in [-0.4, -0.2) is 68.6 Å². The first-order valence-corrected chi connectivity index (χ1v) is 5.38. The lowest BCUT2D eigenvalue weighted by molar-refractivity contribution is -0.142. The van der Waals surface area contributed by atoms with E-state index in [4.69, 9.17) is 14.6 Å². The van der Waals surface area contributed by atoms with Gasteiger partial charge in [0, 0.05) is 20.7 Å². The standard InChI is InChI=1S/C10H18N2O5/c1-12(10(15)11-3-4-16-2)8-6-17-5-7(8)9(13)14/h7-8H,3-6H2,1-2H3,(H,11,15)(H,13,14). The highest BCUT2D eigenvalue weighted by atomic mass is 16.5. The predicted molar refractivity (Wildman–Crippen MR) is 58.8 cm³/mol. The summed E-state index contributed by atoms with van der Waals surface area (Å²) in [6.07, 6.45) is 0. The fourth-order valence-corrected chi connectivity index (χ4v) is 1.70. The maximum absolute atomic E-state index is 11.7. The molecule has 2 N–H and O–H groups in total. The Labute approximate surface area is 99.7 Å². The molecule has 2 unspecified atom stereocenters. The zero-order chi connectivity index (χ0) is 12.8. The third-order valence-electron chi connectivity index (χ3n) is 2.77. The van der Waals surface area contributed by atoms with E-state index in [2.05, 4.69) is 5.32 Å². The smallest absolute Gasteiger partial charge is 0.317 e. The van der Waals surface area contributed by atoms with Crippen LogP contribution in [0.1, 0.15) is 0 Å². The van der Waals surface area contributed by atoms with Crippen molar-refractivity contribution >= 4 is 12.0 Å². The first-order valence-electron chi connectivity index (χ1n) is 5.38. The summed E-state index contributed by atoms with van der Waals surface area (Å²) in [5.74, 6) is -1.60. The van der Waals surface area contributed by atoms with E-state index in [1.807, 2.05) is 0 Å². The molecule has 1 aliphatic rings. The van der Waals surface area contributed by atoms with Crippen LogP contribution in [0.25, 0.3) is 0 Å². The van der Waals surface area contributed by atoms with E-state index < -0.39 is 17.9 Å². The Morgan fingerprint density at radius 3 is 2.82 bits per heavy atom. The topological polar surface area (TPSA) is 88.1 Å². The molecule has 0 aromatic carbocycles. The Hall–Kier alpha value is -1.34. The van der Waals surface area contributed by atoms with Gasteiger partial charge in [-0.1, -0.05) is 0 Å². The van der Waals surface area contributed by atoms with Crippen molar-refractivity contribution in [2.45, 2.75) is 6.04 Å². The molecular weight excluding hydrogens is 228 g/mol. The molecule has 1 aliphatic heterocycles. The lowest BCUT2D eigenvalue weighted by Crippen LogP contribution is -2.48. The lowest BCUT2D eigenvalue weighted by atomic mass is 10.0. The number of rotatable bonds is 5. The third-order valence-corrected chi connectivity index (χ3v) is 2.77. The molecular formula is C10H18N2O5. The number of carbonyl (C=O) groups excluding carboxylic acids is 1. The molecule has 1 rings (SSSR count). The molecule has 0 spiro atoms. The number of amides is 2. The minimum atomic E-state index is -0.941. The Morgan fingerprint density at radius 1 is 1.53 bits per heavy atom. The third kappa shape index (κ3) is 3.57. The van der Waals surface area contributed by atoms with Crippen LogP contribution in [-0.2, 0) is 14.3 Å². The van der Waals surface area contributed by atoms with Crippen molar-refractivity contribution in [1.82, 2.24) is 10.2 Å². The number of carboxylic acid groups (broad SMARTS) is 1. The number of ether oxygens (including phenoxy) is 2. The molecule has 0 bridgehead atoms. The highest BCUT2D eigenvalue weighted by Gasteiger charge is 2.38. The summed E-state index contributed by atoms with van der Waals surface area (Å²) in [7, 11) is 3.11. The summed E-state index contributed by atoms with van der Waals surface area (Å²) in [6, 6.07) is -0.737. The summed E-state index contributed by atoms with van der Waals surface area (Å²) in [4.78, 5) is 24.0. The van der Waals surface area contributed by atoms with Gasteiger partial charge in [0.1, 0.15) is 5.92 Å². The first kappa shape index (κ1) is 13.7. The number of hydrogen-bond acceptors (Lipinski definition) is 4. The van der Waals surface area contributed by atoms with Gasteiger partial charge in [-0.25, -0.2) is 4.79 Å². The number of carboxylic acids is 1. The van der Waals surface area contributed by atoms with E-state index in [1.165, 1.54) is 4.90 Å². The van der Waals surface area contributed by atoms with Crippen molar-refractivity contribution < 1.29 is 24.2 Å². The number of nitrogens with zero attached hydrogens (tertiary/aromatic N) is 1. The molecule has 7 nitrogen and oxygen atoms in total. The van der Waals surface area contributed by atoms with Gasteiger partial charge in [0.25, 0.3) is 0 Å². The average molecular weight is 246 g/mol. The highest BCUT2D eigenvalue weighted by molar-refractivity contribution is 5.77. The molecule has 7 heteroatoms. The molecule has 1 saturated heterocycles. The Kier molecular flexibility index (Phi) is 5.17. The first-order chi connectivity index (χ1) is 8.07. The van der Waals surface area contributed by atoms with Crippen LogP contribution in [0, 0.1) is 5.92 Å². The maximum atomic E-state index is 11.7. The molecule has 0 saturated carbocycles. The van der Waals surface area contributed by atoms with Crippen LogP contribution in [0.2, 0.25) is 0 Å². The van der Waals surface area contributed by atoms with Gasteiger partial charge in [-0.3, -0.25) is 4.79 Å². The molecule has 0 aliphatic carbocycles. The quantitative estimate of drug-likeness (QED) is 0.631. The molecule has 1 fully saturated rings. The number of likely N-dealkylation sites (N-methyl/N-ethyl adjacent to an activating group) is 1. The fraction of sp³-hybridized carbons (Fsp3) is 0.800. The SMILES string of the molecule is COCCNC(=O)N(C)C1COCC1C(=O)O. The van der Waals surface area contributed by atoms with Crippen LogP contribution < -0.4 is 5.32 Å². The van der Waals surface area contributed by atoms with Crippen molar-refractivity contribution in [3.63, 3.8) is 0 Å². The van der Waals surface area contributed by atoms with Crippen LogP contribution >= 0.6 is 0 Å². The second-order valence-electron chi connectivity index (χ2n) is 3.89. The van der Waals surface area contributed by atoms with Crippen molar-refractivity contribution in [2.75, 3.05) is 40.5 Å². The Balaban J connectivity index is 2.47. The van der Waals surface area contributed by atoms with Crippen molar-refractivity contribution in [3.05, 3.63) is 0 Å². The maximum Gasteiger partial charge on any atom is 0.317 e. The Bertz CT molecular complexity index is 284. The van der Waals surface area contributed by atoms with Crippen LogP contribution in [0.5, 0.6) is 0 Å². The molecule has 0 radical (unpaired) electrons. The average Bonchev–Trinajstić information content (AvgIpc) is 2.77. The van der Waals surface area contributed by atoms with E-state index in [0.717, 1.165) is 0 Å². The number of carbonyl (C=O) groups is 2. The second kappa shape index (κ2) is 6.41. The van der Waals surface area contributed by atoms with Gasteiger partial charge in [-0.15, -0.1) is 0 Å². The summed E-state index contributed by atoms with van der Waals surface area (Å²) in [5.41, 5.74) is 0. The summed E-state index contributed by atoms with van der Waals surface area (Å²) in [5, 5.41) is 11.6. The van der Waals surface area contributed by atoms with Gasteiger partial charge < -0.3 is 24.8 Å². The molecule has 2 amide bonds. The van der Waals surface area contributed by atoms with E-state index in [1.54, 1.807) is 14.2 Å². The molecule has 98 valence electrons. The van der Waals surface area contributed by atoms with Crippen molar-refractivity contribution in [2.24, 2.45) is 5.92 Å². The summed E-state index contributed by atoms with van der Waals surface area (Å²) >= 11 is 0. The molecule has 0 aromatic heterocycles. The van der Waals surface area contributed by atoms with E-state index in [0.29, 0.717) is 13.2 Å². The molecule has 2 atom stereocenters. The molecule has 1 heterocycles. The van der Waals surface area contributed by atoms with E-state index in [9.17, 15) is 9.59 Å². The number of aliphatic carboxylic acids is 1. The van der Waals surface area contributed by atoms with Gasteiger partial charge >= 0.3 is 12.0 Å². The molecule has 0 aromatic rings. The number of urea groups is 1. The normalized spacial score (nSPS) is 23.4. The monoisotopic (exact) mass is 246 g/mol. The minimum Gasteiger partial charge on any atom is -0.481 e. The summed E-state index contributed by atoms with van der Waals surface area (Å²) in [6.45, 7) is 1.22. The Morgan fingerprint density at radius 2 is 2.24 bits per heavy atom. The fourth-order valence-electron chi connectivity index (χ4n) is 1.70. The second-order valence-corrected chi connectivity index (χ2v) is 3.89. The van der Waals surface area contributed by atoms with Crippen LogP contribution in [0.15, 0.2) is 0 Å². The van der Waals surface area contributed by atoms with Gasteiger partial charge in [0.05, 0.1) is 25.9 Å². The van der Waals surface area contributed by atoms with Gasteiger partial charge in [-0.2, -0.15) is 0 Å². The van der Waals surface area contributed by atoms with E-state index >= 15 is 0 Å². The van der Waals surface area contributed by atoms with E-state index in [-0.39, 0.29) is 19.2 Å². The predicted octanol–water partition coefficient (Wildman–Crippen LogP) is -0.626. The number of methoxy groups -OCH3 is 1. The van der Waals surface area contributed by atoms with Gasteiger partial charge in [0.15, 0.2) is 0 Å². The van der Waals surface area contributed by atoms with Gasteiger partial charge in [0.2, 0.25) is 0 Å².